The highest BCUT2D eigenvalue weighted by molar-refractivity contribution is 7.15. The third kappa shape index (κ3) is 2.92. The van der Waals surface area contributed by atoms with Gasteiger partial charge in [0.25, 0.3) is 0 Å². The zero-order valence-electron chi connectivity index (χ0n) is 11.7. The molecule has 0 atom stereocenters. The zero-order valence-corrected chi connectivity index (χ0v) is 12.6. The van der Waals surface area contributed by atoms with Crippen LogP contribution in [0.2, 0.25) is 0 Å². The molecular weight excluding hydrogens is 286 g/mol. The lowest BCUT2D eigenvalue weighted by Gasteiger charge is -2.07. The van der Waals surface area contributed by atoms with Crippen molar-refractivity contribution in [3.05, 3.63) is 52.7 Å². The lowest BCUT2D eigenvalue weighted by molar-refractivity contribution is 0.281. The first-order valence-corrected chi connectivity index (χ1v) is 7.57. The van der Waals surface area contributed by atoms with Gasteiger partial charge in [-0.05, 0) is 11.1 Å². The number of hydrogen-bond acceptors (Lipinski definition) is 5. The SMILES string of the molecule is COc1nc2sccn2c1CNCc1cccc(CO)c1. The molecule has 0 spiro atoms. The molecule has 0 saturated heterocycles. The van der Waals surface area contributed by atoms with E-state index in [1.54, 1.807) is 18.4 Å². The maximum Gasteiger partial charge on any atom is 0.237 e. The maximum absolute atomic E-state index is 9.15. The summed E-state index contributed by atoms with van der Waals surface area (Å²) in [6, 6.07) is 7.91. The van der Waals surface area contributed by atoms with Gasteiger partial charge in [-0.2, -0.15) is 4.98 Å². The van der Waals surface area contributed by atoms with E-state index < -0.39 is 0 Å². The Hall–Kier alpha value is -1.89. The van der Waals surface area contributed by atoms with Crippen LogP contribution in [0.3, 0.4) is 0 Å². The summed E-state index contributed by atoms with van der Waals surface area (Å²) in [4.78, 5) is 5.37. The second-order valence-electron chi connectivity index (χ2n) is 4.70. The number of nitrogens with one attached hydrogen (secondary N) is 1. The van der Waals surface area contributed by atoms with Crippen LogP contribution in [0.4, 0.5) is 0 Å². The Labute approximate surface area is 126 Å². The van der Waals surface area contributed by atoms with Crippen LogP contribution in [0.1, 0.15) is 16.8 Å². The fraction of sp³-hybridized carbons (Fsp3) is 0.267. The van der Waals surface area contributed by atoms with Gasteiger partial charge in [0, 0.05) is 24.7 Å². The Morgan fingerprint density at radius 2 is 2.19 bits per heavy atom. The van der Waals surface area contributed by atoms with Crippen molar-refractivity contribution in [1.29, 1.82) is 0 Å². The molecule has 2 aromatic heterocycles. The molecular formula is C15H17N3O2S. The van der Waals surface area contributed by atoms with Crippen LogP contribution in [0.5, 0.6) is 5.88 Å². The fourth-order valence-corrected chi connectivity index (χ4v) is 3.02. The van der Waals surface area contributed by atoms with Gasteiger partial charge in [-0.15, -0.1) is 11.3 Å². The van der Waals surface area contributed by atoms with E-state index in [9.17, 15) is 0 Å². The Bertz CT molecular complexity index is 735. The van der Waals surface area contributed by atoms with Crippen LogP contribution in [-0.2, 0) is 19.7 Å². The van der Waals surface area contributed by atoms with E-state index in [-0.39, 0.29) is 6.61 Å². The average Bonchev–Trinajstić information content (AvgIpc) is 3.09. The van der Waals surface area contributed by atoms with E-state index >= 15 is 0 Å². The summed E-state index contributed by atoms with van der Waals surface area (Å²) in [7, 11) is 1.64. The van der Waals surface area contributed by atoms with Crippen LogP contribution < -0.4 is 10.1 Å². The van der Waals surface area contributed by atoms with Crippen LogP contribution in [0.15, 0.2) is 35.8 Å². The van der Waals surface area contributed by atoms with Gasteiger partial charge in [0.15, 0.2) is 4.96 Å². The van der Waals surface area contributed by atoms with Gasteiger partial charge in [0.1, 0.15) is 5.69 Å². The van der Waals surface area contributed by atoms with Gasteiger partial charge in [-0.25, -0.2) is 0 Å². The second-order valence-corrected chi connectivity index (χ2v) is 5.58. The summed E-state index contributed by atoms with van der Waals surface area (Å²) in [5.41, 5.74) is 3.09. The number of methoxy groups -OCH3 is 1. The first-order chi connectivity index (χ1) is 10.3. The van der Waals surface area contributed by atoms with E-state index in [4.69, 9.17) is 9.84 Å². The van der Waals surface area contributed by atoms with Crippen molar-refractivity contribution in [2.75, 3.05) is 7.11 Å². The molecule has 0 aliphatic heterocycles. The third-order valence-electron chi connectivity index (χ3n) is 3.31. The first-order valence-electron chi connectivity index (χ1n) is 6.69. The Morgan fingerprint density at radius 3 is 3.00 bits per heavy atom. The number of ether oxygens (including phenoxy) is 1. The van der Waals surface area contributed by atoms with Crippen molar-refractivity contribution in [3.8, 4) is 5.88 Å². The molecule has 3 rings (SSSR count). The van der Waals surface area contributed by atoms with E-state index in [0.29, 0.717) is 12.4 Å². The van der Waals surface area contributed by atoms with Crippen LogP contribution in [0.25, 0.3) is 4.96 Å². The molecule has 21 heavy (non-hydrogen) atoms. The molecule has 6 heteroatoms. The summed E-state index contributed by atoms with van der Waals surface area (Å²) in [6.45, 7) is 1.47. The Balaban J connectivity index is 1.70. The molecule has 0 bridgehead atoms. The number of fused-ring (bicyclic) bond motifs is 1. The molecule has 5 nitrogen and oxygen atoms in total. The minimum absolute atomic E-state index is 0.0693. The summed E-state index contributed by atoms with van der Waals surface area (Å²) < 4.78 is 7.37. The topological polar surface area (TPSA) is 58.8 Å². The van der Waals surface area contributed by atoms with E-state index in [1.165, 1.54) is 0 Å². The molecule has 2 heterocycles. The quantitative estimate of drug-likeness (QED) is 0.733. The number of nitrogens with zero attached hydrogens (tertiary/aromatic N) is 2. The average molecular weight is 303 g/mol. The van der Waals surface area contributed by atoms with Crippen molar-refractivity contribution in [1.82, 2.24) is 14.7 Å². The van der Waals surface area contributed by atoms with Gasteiger partial charge in [0.05, 0.1) is 13.7 Å². The van der Waals surface area contributed by atoms with E-state index in [0.717, 1.165) is 28.3 Å². The first kappa shape index (κ1) is 14.1. The molecule has 0 saturated carbocycles. The number of benzene rings is 1. The minimum Gasteiger partial charge on any atom is -0.480 e. The number of aromatic nitrogens is 2. The Morgan fingerprint density at radius 1 is 1.33 bits per heavy atom. The highest BCUT2D eigenvalue weighted by atomic mass is 32.1. The summed E-state index contributed by atoms with van der Waals surface area (Å²) >= 11 is 1.59. The van der Waals surface area contributed by atoms with Crippen LogP contribution in [0, 0.1) is 0 Å². The van der Waals surface area contributed by atoms with Gasteiger partial charge in [-0.3, -0.25) is 4.40 Å². The number of thiazole rings is 1. The minimum atomic E-state index is 0.0693. The van der Waals surface area contributed by atoms with Crippen LogP contribution in [-0.4, -0.2) is 21.6 Å². The van der Waals surface area contributed by atoms with Crippen molar-refractivity contribution < 1.29 is 9.84 Å². The van der Waals surface area contributed by atoms with E-state index in [1.807, 2.05) is 40.2 Å². The summed E-state index contributed by atoms with van der Waals surface area (Å²) in [5.74, 6) is 0.665. The van der Waals surface area contributed by atoms with Crippen molar-refractivity contribution >= 4 is 16.3 Å². The van der Waals surface area contributed by atoms with Gasteiger partial charge in [0.2, 0.25) is 5.88 Å². The van der Waals surface area contributed by atoms with Crippen molar-refractivity contribution in [3.63, 3.8) is 0 Å². The predicted molar refractivity (Wildman–Crippen MR) is 82.5 cm³/mol. The molecule has 0 aliphatic rings. The summed E-state index contributed by atoms with van der Waals surface area (Å²) in [6.07, 6.45) is 2.00. The van der Waals surface area contributed by atoms with Crippen LogP contribution >= 0.6 is 11.3 Å². The third-order valence-corrected chi connectivity index (χ3v) is 4.07. The number of imidazole rings is 1. The fourth-order valence-electron chi connectivity index (χ4n) is 2.30. The number of aliphatic hydroxyl groups is 1. The molecule has 0 unspecified atom stereocenters. The monoisotopic (exact) mass is 303 g/mol. The van der Waals surface area contributed by atoms with Gasteiger partial charge in [-0.1, -0.05) is 24.3 Å². The van der Waals surface area contributed by atoms with Crippen molar-refractivity contribution in [2.24, 2.45) is 0 Å². The predicted octanol–water partition coefficient (Wildman–Crippen LogP) is 2.19. The van der Waals surface area contributed by atoms with Gasteiger partial charge >= 0.3 is 0 Å². The highest BCUT2D eigenvalue weighted by Crippen LogP contribution is 2.22. The molecule has 3 aromatic rings. The molecule has 1 aromatic carbocycles. The highest BCUT2D eigenvalue weighted by Gasteiger charge is 2.12. The smallest absolute Gasteiger partial charge is 0.237 e. The Kier molecular flexibility index (Phi) is 4.19. The lowest BCUT2D eigenvalue weighted by atomic mass is 10.1. The van der Waals surface area contributed by atoms with Crippen molar-refractivity contribution in [2.45, 2.75) is 19.7 Å². The normalized spacial score (nSPS) is 11.1. The maximum atomic E-state index is 9.15. The van der Waals surface area contributed by atoms with E-state index in [2.05, 4.69) is 10.3 Å². The molecule has 0 amide bonds. The number of aliphatic hydroxyl groups excluding tert-OH is 1. The molecule has 2 N–H and O–H groups in total. The molecule has 0 fully saturated rings. The standard InChI is InChI=1S/C15H17N3O2S/c1-20-14-13(18-5-6-21-15(18)17-14)9-16-8-11-3-2-4-12(7-11)10-19/h2-7,16,19H,8-10H2,1H3. The molecule has 0 aliphatic carbocycles. The molecule has 0 radical (unpaired) electrons. The summed E-state index contributed by atoms with van der Waals surface area (Å²) in [5, 5.41) is 14.6. The number of rotatable bonds is 6. The lowest BCUT2D eigenvalue weighted by Crippen LogP contribution is -2.14. The largest absolute Gasteiger partial charge is 0.480 e. The van der Waals surface area contributed by atoms with Gasteiger partial charge < -0.3 is 15.2 Å². The zero-order chi connectivity index (χ0) is 14.7. The number of hydrogen-bond donors (Lipinski definition) is 2. The molecule has 110 valence electrons. The second kappa shape index (κ2) is 6.26.